The van der Waals surface area contributed by atoms with Crippen molar-refractivity contribution >= 4 is 0 Å². The van der Waals surface area contributed by atoms with Gasteiger partial charge >= 0.3 is 0 Å². The Balaban J connectivity index is 1.58. The number of fused-ring (bicyclic) bond motifs is 3. The molecule has 0 radical (unpaired) electrons. The van der Waals surface area contributed by atoms with Crippen LogP contribution < -0.4 is 0 Å². The number of hydrogen-bond acceptors (Lipinski definition) is 4. The molecule has 0 aromatic rings. The highest BCUT2D eigenvalue weighted by Crippen LogP contribution is 2.52. The van der Waals surface area contributed by atoms with Crippen LogP contribution in [0, 0.1) is 17.3 Å². The molecular formula is C24H36O4. The van der Waals surface area contributed by atoms with Crippen molar-refractivity contribution in [1.82, 2.24) is 0 Å². The Morgan fingerprint density at radius 3 is 2.68 bits per heavy atom. The van der Waals surface area contributed by atoms with Crippen LogP contribution in [0.1, 0.15) is 65.7 Å². The summed E-state index contributed by atoms with van der Waals surface area (Å²) in [4.78, 5) is 0. The molecule has 4 heteroatoms. The van der Waals surface area contributed by atoms with E-state index in [1.165, 1.54) is 6.42 Å². The van der Waals surface area contributed by atoms with Gasteiger partial charge in [0.1, 0.15) is 11.9 Å². The molecule has 3 fully saturated rings. The zero-order valence-corrected chi connectivity index (χ0v) is 17.6. The standard InChI is InChI=1S/C24H36O4/c1-15-19(25)9-8-18(21(15)26)16-10-13-27-22-17(14-16)6-5-7-20-24(22,4)12-11-23(2,3)28-20/h8-9,16-17,20-22,25-26H,1,5-7,10-14H2,2-4H3/t16?,17?,20?,21?,22?,24-/m1/s1. The summed E-state index contributed by atoms with van der Waals surface area (Å²) >= 11 is 0. The molecule has 2 aliphatic heterocycles. The maximum atomic E-state index is 10.7. The van der Waals surface area contributed by atoms with E-state index in [0.29, 0.717) is 18.1 Å². The molecular weight excluding hydrogens is 352 g/mol. The molecule has 2 aliphatic carbocycles. The molecule has 0 aromatic carbocycles. The van der Waals surface area contributed by atoms with Crippen molar-refractivity contribution in [3.8, 4) is 0 Å². The summed E-state index contributed by atoms with van der Waals surface area (Å²) in [5.41, 5.74) is 1.42. The molecule has 4 aliphatic rings. The first kappa shape index (κ1) is 20.2. The van der Waals surface area contributed by atoms with E-state index in [-0.39, 0.29) is 34.9 Å². The topological polar surface area (TPSA) is 58.9 Å². The van der Waals surface area contributed by atoms with Crippen molar-refractivity contribution < 1.29 is 19.7 Å². The van der Waals surface area contributed by atoms with Crippen LogP contribution in [0.3, 0.4) is 0 Å². The van der Waals surface area contributed by atoms with Gasteiger partial charge in [0.05, 0.1) is 17.8 Å². The van der Waals surface area contributed by atoms with Crippen LogP contribution in [0.2, 0.25) is 0 Å². The average Bonchev–Trinajstić information content (AvgIpc) is 2.92. The molecule has 0 bridgehead atoms. The molecule has 2 heterocycles. The van der Waals surface area contributed by atoms with E-state index in [4.69, 9.17) is 9.47 Å². The lowest BCUT2D eigenvalue weighted by molar-refractivity contribution is -0.208. The molecule has 6 atom stereocenters. The fraction of sp³-hybridized carbons (Fsp3) is 0.750. The van der Waals surface area contributed by atoms with Crippen molar-refractivity contribution in [2.45, 2.75) is 89.6 Å². The van der Waals surface area contributed by atoms with E-state index in [1.54, 1.807) is 6.08 Å². The zero-order chi connectivity index (χ0) is 20.1. The maximum Gasteiger partial charge on any atom is 0.121 e. The lowest BCUT2D eigenvalue weighted by Crippen LogP contribution is -2.54. The van der Waals surface area contributed by atoms with Crippen LogP contribution >= 0.6 is 0 Å². The van der Waals surface area contributed by atoms with Gasteiger partial charge in [0, 0.05) is 17.6 Å². The van der Waals surface area contributed by atoms with Gasteiger partial charge in [-0.15, -0.1) is 0 Å². The van der Waals surface area contributed by atoms with Gasteiger partial charge in [-0.05, 0) is 75.9 Å². The van der Waals surface area contributed by atoms with Gasteiger partial charge in [-0.1, -0.05) is 26.0 Å². The van der Waals surface area contributed by atoms with E-state index in [9.17, 15) is 10.2 Å². The first-order valence-corrected chi connectivity index (χ1v) is 11.0. The van der Waals surface area contributed by atoms with Crippen LogP contribution in [0.25, 0.3) is 0 Å². The van der Waals surface area contributed by atoms with Crippen LogP contribution in [-0.4, -0.2) is 40.7 Å². The van der Waals surface area contributed by atoms with Crippen LogP contribution in [0.5, 0.6) is 0 Å². The van der Waals surface area contributed by atoms with Crippen molar-refractivity contribution in [1.29, 1.82) is 0 Å². The van der Waals surface area contributed by atoms with Crippen molar-refractivity contribution in [2.75, 3.05) is 6.61 Å². The summed E-state index contributed by atoms with van der Waals surface area (Å²) in [6, 6.07) is 0. The second kappa shape index (κ2) is 7.30. The average molecular weight is 389 g/mol. The van der Waals surface area contributed by atoms with E-state index < -0.39 is 6.10 Å². The third-order valence-electron chi connectivity index (χ3n) is 7.81. The number of aliphatic hydroxyl groups is 2. The third kappa shape index (κ3) is 3.48. The Bertz CT molecular complexity index is 691. The van der Waals surface area contributed by atoms with Gasteiger partial charge < -0.3 is 19.7 Å². The summed E-state index contributed by atoms with van der Waals surface area (Å²) in [6.07, 6.45) is 10.9. The molecule has 4 rings (SSSR count). The number of hydrogen-bond donors (Lipinski definition) is 2. The number of rotatable bonds is 1. The molecule has 2 saturated heterocycles. The fourth-order valence-corrected chi connectivity index (χ4v) is 6.04. The summed E-state index contributed by atoms with van der Waals surface area (Å²) in [7, 11) is 0. The van der Waals surface area contributed by atoms with Crippen molar-refractivity contribution in [3.63, 3.8) is 0 Å². The molecule has 156 valence electrons. The normalized spacial score (nSPS) is 43.7. The molecule has 2 N–H and O–H groups in total. The van der Waals surface area contributed by atoms with E-state index in [2.05, 4.69) is 27.4 Å². The number of ether oxygens (including phenoxy) is 2. The summed E-state index contributed by atoms with van der Waals surface area (Å²) in [5, 5.41) is 20.5. The Morgan fingerprint density at radius 1 is 1.11 bits per heavy atom. The van der Waals surface area contributed by atoms with E-state index in [1.807, 2.05) is 6.08 Å². The minimum atomic E-state index is -0.778. The molecule has 5 unspecified atom stereocenters. The summed E-state index contributed by atoms with van der Waals surface area (Å²) in [6.45, 7) is 11.4. The monoisotopic (exact) mass is 388 g/mol. The van der Waals surface area contributed by atoms with E-state index >= 15 is 0 Å². The van der Waals surface area contributed by atoms with Crippen LogP contribution in [0.15, 0.2) is 35.6 Å². The number of allylic oxidation sites excluding steroid dienone is 2. The first-order chi connectivity index (χ1) is 13.2. The molecule has 4 nitrogen and oxygen atoms in total. The second-order valence-electron chi connectivity index (χ2n) is 10.2. The van der Waals surface area contributed by atoms with Gasteiger partial charge in [0.25, 0.3) is 0 Å². The van der Waals surface area contributed by atoms with E-state index in [0.717, 1.165) is 44.1 Å². The highest BCUT2D eigenvalue weighted by atomic mass is 16.5. The highest BCUT2D eigenvalue weighted by Gasteiger charge is 2.53. The Labute approximate surface area is 169 Å². The van der Waals surface area contributed by atoms with Gasteiger partial charge in [-0.2, -0.15) is 0 Å². The Hall–Kier alpha value is -1.10. The van der Waals surface area contributed by atoms with Crippen LogP contribution in [0.4, 0.5) is 0 Å². The van der Waals surface area contributed by atoms with Crippen molar-refractivity contribution in [2.24, 2.45) is 17.3 Å². The molecule has 0 spiro atoms. The summed E-state index contributed by atoms with van der Waals surface area (Å²) in [5.74, 6) is 0.839. The molecule has 1 saturated carbocycles. The smallest absolute Gasteiger partial charge is 0.121 e. The van der Waals surface area contributed by atoms with Crippen molar-refractivity contribution in [3.05, 3.63) is 35.6 Å². The molecule has 28 heavy (non-hydrogen) atoms. The fourth-order valence-electron chi connectivity index (χ4n) is 6.04. The SMILES string of the molecule is C=C1C(O)=CC=C(C2CCOC3C(CCCC4OC(C)(C)CC[C@]43C)C2)C1O. The van der Waals surface area contributed by atoms with Crippen LogP contribution in [-0.2, 0) is 9.47 Å². The summed E-state index contributed by atoms with van der Waals surface area (Å²) < 4.78 is 13.1. The van der Waals surface area contributed by atoms with Gasteiger partial charge in [0.2, 0.25) is 0 Å². The predicted octanol–water partition coefficient (Wildman–Crippen LogP) is 4.84. The lowest BCUT2D eigenvalue weighted by atomic mass is 9.66. The lowest BCUT2D eigenvalue weighted by Gasteiger charge is -2.51. The molecule has 0 amide bonds. The quantitative estimate of drug-likeness (QED) is 0.674. The Kier molecular flexibility index (Phi) is 5.26. The minimum Gasteiger partial charge on any atom is -0.508 e. The third-order valence-corrected chi connectivity index (χ3v) is 7.81. The zero-order valence-electron chi connectivity index (χ0n) is 17.6. The first-order valence-electron chi connectivity index (χ1n) is 11.0. The van der Waals surface area contributed by atoms with Gasteiger partial charge in [0.15, 0.2) is 0 Å². The Morgan fingerprint density at radius 2 is 1.89 bits per heavy atom. The predicted molar refractivity (Wildman–Crippen MR) is 110 cm³/mol. The van der Waals surface area contributed by atoms with Gasteiger partial charge in [-0.25, -0.2) is 0 Å². The maximum absolute atomic E-state index is 10.7. The highest BCUT2D eigenvalue weighted by molar-refractivity contribution is 5.42. The molecule has 0 aromatic heterocycles. The minimum absolute atomic E-state index is 0.0387. The second-order valence-corrected chi connectivity index (χ2v) is 10.2. The number of aliphatic hydroxyl groups excluding tert-OH is 2. The largest absolute Gasteiger partial charge is 0.508 e. The van der Waals surface area contributed by atoms with Gasteiger partial charge in [-0.3, -0.25) is 0 Å².